The van der Waals surface area contributed by atoms with Gasteiger partial charge >= 0.3 is 0 Å². The maximum atomic E-state index is 12.6. The zero-order chi connectivity index (χ0) is 24.3. The van der Waals surface area contributed by atoms with Crippen molar-refractivity contribution in [3.8, 4) is 17.1 Å². The molecule has 0 spiro atoms. The number of aromatic nitrogens is 3. The molecular weight excluding hydrogens is 456 g/mol. The largest absolute Gasteiger partial charge is 0.497 e. The van der Waals surface area contributed by atoms with Crippen LogP contribution in [0.3, 0.4) is 0 Å². The van der Waals surface area contributed by atoms with Gasteiger partial charge in [-0.15, -0.1) is 5.10 Å². The molecule has 3 aromatic rings. The number of benzene rings is 2. The predicted octanol–water partition coefficient (Wildman–Crippen LogP) is 6.95. The van der Waals surface area contributed by atoms with Gasteiger partial charge < -0.3 is 10.1 Å². The van der Waals surface area contributed by atoms with E-state index < -0.39 is 0 Å². The zero-order valence-corrected chi connectivity index (χ0v) is 21.4. The molecule has 2 N–H and O–H groups in total. The van der Waals surface area contributed by atoms with Crippen molar-refractivity contribution in [2.24, 2.45) is 11.8 Å². The van der Waals surface area contributed by atoms with Crippen molar-refractivity contribution in [1.29, 1.82) is 0 Å². The fraction of sp³-hybridized carbons (Fsp3) is 0.464. The molecule has 3 atom stereocenters. The maximum absolute atomic E-state index is 12.6. The summed E-state index contributed by atoms with van der Waals surface area (Å²) < 4.78 is 5.19. The van der Waals surface area contributed by atoms with Crippen molar-refractivity contribution >= 4 is 23.4 Å². The number of hydrogen-bond donors (Lipinski definition) is 2. The average Bonchev–Trinajstić information content (AvgIpc) is 3.28. The summed E-state index contributed by atoms with van der Waals surface area (Å²) in [6, 6.07) is 16.2. The minimum Gasteiger partial charge on any atom is -0.497 e. The molecule has 0 saturated heterocycles. The van der Waals surface area contributed by atoms with E-state index in [1.54, 1.807) is 7.11 Å². The lowest BCUT2D eigenvalue weighted by Crippen LogP contribution is -2.35. The highest BCUT2D eigenvalue weighted by atomic mass is 32.2. The summed E-state index contributed by atoms with van der Waals surface area (Å²) in [7, 11) is 1.64. The van der Waals surface area contributed by atoms with Gasteiger partial charge in [0.05, 0.1) is 12.9 Å². The molecule has 2 fully saturated rings. The fourth-order valence-corrected chi connectivity index (χ4v) is 6.76. The molecule has 188 valence electrons. The highest BCUT2D eigenvalue weighted by Crippen LogP contribution is 2.51. The van der Waals surface area contributed by atoms with Gasteiger partial charge in [0.1, 0.15) is 5.75 Å². The number of nitrogens with zero attached hydrogens (tertiary/aromatic N) is 2. The number of carbonyl (C=O) groups is 1. The Morgan fingerprint density at radius 1 is 1.17 bits per heavy atom. The molecule has 2 aliphatic rings. The molecule has 3 unspecified atom stereocenters. The lowest BCUT2D eigenvalue weighted by molar-refractivity contribution is -0.113. The number of anilines is 1. The van der Waals surface area contributed by atoms with Crippen molar-refractivity contribution < 1.29 is 12.4 Å². The van der Waals surface area contributed by atoms with Gasteiger partial charge in [-0.25, -0.2) is 4.98 Å². The standard InChI is InChI=1S/C28H34N4O2S.2H2/c1-19-15-20-5-3-4-14-28(16-19,17-20)22-8-10-23(11-9-22)29-25(33)18-35-27-30-26(31-32-27)21-6-12-24(34-2)13-7-21;;/h6-13,19-20H,3-5,14-18H2,1-2H3,(H,29,33)(H,30,31,32);2*1H. The molecule has 1 heterocycles. The van der Waals surface area contributed by atoms with Gasteiger partial charge in [0.2, 0.25) is 11.1 Å². The van der Waals surface area contributed by atoms with Gasteiger partial charge in [-0.2, -0.15) is 0 Å². The summed E-state index contributed by atoms with van der Waals surface area (Å²) >= 11 is 1.32. The van der Waals surface area contributed by atoms with Crippen LogP contribution in [0.15, 0.2) is 53.7 Å². The Morgan fingerprint density at radius 2 is 1.97 bits per heavy atom. The van der Waals surface area contributed by atoms with E-state index in [1.165, 1.54) is 62.3 Å². The summed E-state index contributed by atoms with van der Waals surface area (Å²) in [5, 5.41) is 10.8. The van der Waals surface area contributed by atoms with E-state index in [0.29, 0.717) is 16.4 Å². The second-order valence-electron chi connectivity index (χ2n) is 10.3. The van der Waals surface area contributed by atoms with Crippen LogP contribution in [-0.2, 0) is 10.2 Å². The molecule has 0 aliphatic heterocycles. The van der Waals surface area contributed by atoms with Crippen LogP contribution in [0.5, 0.6) is 5.75 Å². The summed E-state index contributed by atoms with van der Waals surface area (Å²) in [6.45, 7) is 2.42. The molecule has 2 aliphatic carbocycles. The van der Waals surface area contributed by atoms with E-state index in [2.05, 4.69) is 51.7 Å². The Morgan fingerprint density at radius 3 is 2.74 bits per heavy atom. The molecular formula is C28H38N4O2S. The van der Waals surface area contributed by atoms with Gasteiger partial charge in [-0.05, 0) is 84.9 Å². The third kappa shape index (κ3) is 5.56. The summed E-state index contributed by atoms with van der Waals surface area (Å²) in [5.41, 5.74) is 3.54. The molecule has 2 aromatic carbocycles. The minimum absolute atomic E-state index is 0. The van der Waals surface area contributed by atoms with E-state index in [1.807, 2.05) is 24.3 Å². The summed E-state index contributed by atoms with van der Waals surface area (Å²) in [5.74, 6) is 3.33. The number of H-pyrrole nitrogens is 1. The first-order valence-corrected chi connectivity index (χ1v) is 13.6. The second-order valence-corrected chi connectivity index (χ2v) is 11.2. The van der Waals surface area contributed by atoms with Gasteiger partial charge in [-0.3, -0.25) is 9.89 Å². The third-order valence-corrected chi connectivity index (χ3v) is 8.46. The highest BCUT2D eigenvalue weighted by molar-refractivity contribution is 7.99. The number of hydrogen-bond acceptors (Lipinski definition) is 5. The Balaban J connectivity index is 0.00000190. The second kappa shape index (κ2) is 10.4. The number of amides is 1. The van der Waals surface area contributed by atoms with Crippen LogP contribution in [0.2, 0.25) is 0 Å². The maximum Gasteiger partial charge on any atom is 0.234 e. The Bertz CT molecular complexity index is 1160. The number of ether oxygens (including phenoxy) is 1. The Hall–Kier alpha value is -2.80. The van der Waals surface area contributed by atoms with Gasteiger partial charge in [0.15, 0.2) is 5.82 Å². The van der Waals surface area contributed by atoms with E-state index in [0.717, 1.165) is 28.8 Å². The highest BCUT2D eigenvalue weighted by Gasteiger charge is 2.41. The Kier molecular flexibility index (Phi) is 7.14. The first-order chi connectivity index (χ1) is 17.0. The lowest BCUT2D eigenvalue weighted by Gasteiger charge is -2.43. The minimum atomic E-state index is -0.0578. The molecule has 2 bridgehead atoms. The third-order valence-electron chi connectivity index (χ3n) is 7.61. The van der Waals surface area contributed by atoms with Crippen molar-refractivity contribution in [2.75, 3.05) is 18.2 Å². The first-order valence-electron chi connectivity index (χ1n) is 12.6. The van der Waals surface area contributed by atoms with Crippen molar-refractivity contribution in [3.63, 3.8) is 0 Å². The normalized spacial score (nSPS) is 23.9. The number of carbonyl (C=O) groups excluding carboxylic acids is 1. The molecule has 7 heteroatoms. The van der Waals surface area contributed by atoms with E-state index in [4.69, 9.17) is 4.74 Å². The van der Waals surface area contributed by atoms with Crippen LogP contribution < -0.4 is 10.1 Å². The van der Waals surface area contributed by atoms with Crippen LogP contribution in [0, 0.1) is 11.8 Å². The van der Waals surface area contributed by atoms with Crippen LogP contribution in [0.1, 0.15) is 60.3 Å². The molecule has 1 aromatic heterocycles. The van der Waals surface area contributed by atoms with E-state index in [-0.39, 0.29) is 14.5 Å². The summed E-state index contributed by atoms with van der Waals surface area (Å²) in [6.07, 6.45) is 9.41. The quantitative estimate of drug-likeness (QED) is 0.347. The Labute approximate surface area is 214 Å². The SMILES string of the molecule is COc1ccc(-c2nc(SCC(=O)Nc3ccc(C45CCCCC(CC(C)C4)C5)cc3)n[nH]2)cc1.[HH].[HH]. The van der Waals surface area contributed by atoms with Gasteiger partial charge in [-0.1, -0.05) is 50.1 Å². The number of fused-ring (bicyclic) bond motifs is 2. The molecule has 1 amide bonds. The van der Waals surface area contributed by atoms with Gasteiger partial charge in [0.25, 0.3) is 0 Å². The fourth-order valence-electron chi connectivity index (χ4n) is 6.16. The first kappa shape index (κ1) is 23.9. The van der Waals surface area contributed by atoms with E-state index in [9.17, 15) is 4.79 Å². The molecule has 5 rings (SSSR count). The van der Waals surface area contributed by atoms with Crippen molar-refractivity contribution in [3.05, 3.63) is 54.1 Å². The van der Waals surface area contributed by atoms with Gasteiger partial charge in [0, 0.05) is 14.1 Å². The molecule has 35 heavy (non-hydrogen) atoms. The molecule has 0 radical (unpaired) electrons. The smallest absolute Gasteiger partial charge is 0.234 e. The summed E-state index contributed by atoms with van der Waals surface area (Å²) in [4.78, 5) is 17.1. The van der Waals surface area contributed by atoms with E-state index >= 15 is 0 Å². The average molecular weight is 495 g/mol. The van der Waals surface area contributed by atoms with Crippen LogP contribution in [-0.4, -0.2) is 34.0 Å². The van der Waals surface area contributed by atoms with Crippen LogP contribution >= 0.6 is 11.8 Å². The molecule has 2 saturated carbocycles. The van der Waals surface area contributed by atoms with Crippen LogP contribution in [0.4, 0.5) is 5.69 Å². The molecule has 6 nitrogen and oxygen atoms in total. The van der Waals surface area contributed by atoms with Crippen molar-refractivity contribution in [2.45, 2.75) is 62.4 Å². The van der Waals surface area contributed by atoms with Crippen LogP contribution in [0.25, 0.3) is 11.4 Å². The number of aromatic amines is 1. The number of rotatable bonds is 7. The number of nitrogens with one attached hydrogen (secondary N) is 2. The lowest BCUT2D eigenvalue weighted by atomic mass is 9.62. The number of thioether (sulfide) groups is 1. The topological polar surface area (TPSA) is 79.9 Å². The zero-order valence-electron chi connectivity index (χ0n) is 20.5. The number of methoxy groups -OCH3 is 1. The predicted molar refractivity (Wildman–Crippen MR) is 145 cm³/mol. The van der Waals surface area contributed by atoms with Crippen molar-refractivity contribution in [1.82, 2.24) is 15.2 Å². The monoisotopic (exact) mass is 494 g/mol.